The highest BCUT2D eigenvalue weighted by molar-refractivity contribution is 9.10. The van der Waals surface area contributed by atoms with Gasteiger partial charge in [-0.25, -0.2) is 0 Å². The lowest BCUT2D eigenvalue weighted by molar-refractivity contribution is -0.385. The average molecular weight is 371 g/mol. The van der Waals surface area contributed by atoms with E-state index in [4.69, 9.17) is 16.3 Å². The highest BCUT2D eigenvalue weighted by atomic mass is 79.9. The molecule has 0 saturated carbocycles. The number of rotatable bonds is 5. The molecule has 0 saturated heterocycles. The number of nitro benzene ring substituents is 1. The van der Waals surface area contributed by atoms with E-state index in [1.807, 2.05) is 25.1 Å². The molecule has 0 atom stereocenters. The summed E-state index contributed by atoms with van der Waals surface area (Å²) >= 11 is 9.16. The van der Waals surface area contributed by atoms with Crippen molar-refractivity contribution in [2.75, 3.05) is 0 Å². The van der Waals surface area contributed by atoms with Gasteiger partial charge in [-0.3, -0.25) is 10.1 Å². The second kappa shape index (κ2) is 6.91. The third-order valence-electron chi connectivity index (χ3n) is 3.00. The van der Waals surface area contributed by atoms with Gasteiger partial charge < -0.3 is 4.74 Å². The zero-order valence-corrected chi connectivity index (χ0v) is 13.6. The van der Waals surface area contributed by atoms with Gasteiger partial charge in [-0.2, -0.15) is 0 Å². The van der Waals surface area contributed by atoms with Crippen LogP contribution in [0.2, 0.25) is 0 Å². The number of hydrogen-bond acceptors (Lipinski definition) is 3. The van der Waals surface area contributed by atoms with Crippen LogP contribution in [0.15, 0.2) is 40.9 Å². The van der Waals surface area contributed by atoms with E-state index in [9.17, 15) is 10.1 Å². The normalized spacial score (nSPS) is 10.4. The van der Waals surface area contributed by atoms with Crippen LogP contribution in [0.1, 0.15) is 16.7 Å². The molecule has 21 heavy (non-hydrogen) atoms. The number of hydrogen-bond donors (Lipinski definition) is 0. The minimum absolute atomic E-state index is 0.0255. The van der Waals surface area contributed by atoms with Crippen LogP contribution < -0.4 is 4.74 Å². The Labute approximate surface area is 136 Å². The summed E-state index contributed by atoms with van der Waals surface area (Å²) in [6, 6.07) is 10.6. The third kappa shape index (κ3) is 3.74. The van der Waals surface area contributed by atoms with E-state index < -0.39 is 4.92 Å². The smallest absolute Gasteiger partial charge is 0.283 e. The van der Waals surface area contributed by atoms with Crippen molar-refractivity contribution >= 4 is 33.2 Å². The van der Waals surface area contributed by atoms with Crippen LogP contribution in [-0.2, 0) is 12.5 Å². The summed E-state index contributed by atoms with van der Waals surface area (Å²) in [5, 5.41) is 10.9. The van der Waals surface area contributed by atoms with Crippen molar-refractivity contribution in [3.8, 4) is 5.75 Å². The first kappa shape index (κ1) is 15.8. The molecule has 0 bridgehead atoms. The fourth-order valence-electron chi connectivity index (χ4n) is 1.93. The Hall–Kier alpha value is -1.59. The minimum Gasteiger partial charge on any atom is -0.489 e. The van der Waals surface area contributed by atoms with Gasteiger partial charge in [-0.15, -0.1) is 11.6 Å². The standard InChI is InChI=1S/C15H13BrClNO3/c1-10-5-6-14(12(7-10)8-17)21-9-11-3-2-4-13(15(11)16)18(19)20/h2-7H,8-9H2,1H3. The molecule has 0 amide bonds. The summed E-state index contributed by atoms with van der Waals surface area (Å²) in [5.74, 6) is 1.04. The number of alkyl halides is 1. The van der Waals surface area contributed by atoms with Gasteiger partial charge in [0.2, 0.25) is 0 Å². The molecule has 2 aromatic rings. The zero-order chi connectivity index (χ0) is 15.4. The van der Waals surface area contributed by atoms with Crippen LogP contribution in [0.25, 0.3) is 0 Å². The summed E-state index contributed by atoms with van der Waals surface area (Å²) in [5.41, 5.74) is 2.75. The molecule has 0 radical (unpaired) electrons. The zero-order valence-electron chi connectivity index (χ0n) is 11.3. The van der Waals surface area contributed by atoms with Crippen LogP contribution in [0, 0.1) is 17.0 Å². The second-order valence-electron chi connectivity index (χ2n) is 4.54. The molecule has 0 N–H and O–H groups in total. The van der Waals surface area contributed by atoms with Gasteiger partial charge in [0.15, 0.2) is 0 Å². The third-order valence-corrected chi connectivity index (χ3v) is 4.20. The van der Waals surface area contributed by atoms with Gasteiger partial charge in [-0.05, 0) is 28.9 Å². The topological polar surface area (TPSA) is 52.4 Å². The lowest BCUT2D eigenvalue weighted by Gasteiger charge is -2.11. The molecule has 4 nitrogen and oxygen atoms in total. The first-order valence-corrected chi connectivity index (χ1v) is 7.55. The van der Waals surface area contributed by atoms with Gasteiger partial charge >= 0.3 is 0 Å². The molecule has 0 fully saturated rings. The van der Waals surface area contributed by atoms with Crippen LogP contribution in [-0.4, -0.2) is 4.92 Å². The number of aryl methyl sites for hydroxylation is 1. The lowest BCUT2D eigenvalue weighted by atomic mass is 10.1. The van der Waals surface area contributed by atoms with Crippen molar-refractivity contribution in [1.29, 1.82) is 0 Å². The monoisotopic (exact) mass is 369 g/mol. The van der Waals surface area contributed by atoms with Gasteiger partial charge in [0, 0.05) is 17.2 Å². The maximum atomic E-state index is 10.9. The van der Waals surface area contributed by atoms with E-state index in [1.54, 1.807) is 12.1 Å². The molecule has 110 valence electrons. The van der Waals surface area contributed by atoms with E-state index in [-0.39, 0.29) is 12.3 Å². The van der Waals surface area contributed by atoms with Crippen molar-refractivity contribution in [2.45, 2.75) is 19.4 Å². The van der Waals surface area contributed by atoms with Gasteiger partial charge in [0.05, 0.1) is 10.8 Å². The highest BCUT2D eigenvalue weighted by Crippen LogP contribution is 2.30. The number of halogens is 2. The van der Waals surface area contributed by atoms with E-state index >= 15 is 0 Å². The Morgan fingerprint density at radius 3 is 2.71 bits per heavy atom. The molecule has 0 spiro atoms. The Morgan fingerprint density at radius 1 is 1.29 bits per heavy atom. The molecule has 6 heteroatoms. The molecule has 0 aliphatic rings. The molecular formula is C15H13BrClNO3. The fraction of sp³-hybridized carbons (Fsp3) is 0.200. The maximum Gasteiger partial charge on any atom is 0.283 e. The molecule has 0 heterocycles. The predicted octanol–water partition coefficient (Wildman–Crippen LogP) is 4.98. The number of benzene rings is 2. The minimum atomic E-state index is -0.427. The predicted molar refractivity (Wildman–Crippen MR) is 85.9 cm³/mol. The van der Waals surface area contributed by atoms with Crippen LogP contribution in [0.3, 0.4) is 0 Å². The van der Waals surface area contributed by atoms with Crippen LogP contribution >= 0.6 is 27.5 Å². The van der Waals surface area contributed by atoms with Crippen LogP contribution in [0.5, 0.6) is 5.75 Å². The van der Waals surface area contributed by atoms with Crippen molar-refractivity contribution in [1.82, 2.24) is 0 Å². The Morgan fingerprint density at radius 2 is 2.05 bits per heavy atom. The van der Waals surface area contributed by atoms with Crippen molar-refractivity contribution in [3.05, 3.63) is 67.7 Å². The molecule has 0 aliphatic carbocycles. The average Bonchev–Trinajstić information content (AvgIpc) is 2.46. The van der Waals surface area contributed by atoms with Crippen LogP contribution in [0.4, 0.5) is 5.69 Å². The first-order valence-electron chi connectivity index (χ1n) is 6.23. The molecule has 0 aliphatic heterocycles. The molecule has 0 unspecified atom stereocenters. The van der Waals surface area contributed by atoms with Crippen molar-refractivity contribution in [2.24, 2.45) is 0 Å². The quantitative estimate of drug-likeness (QED) is 0.423. The summed E-state index contributed by atoms with van der Waals surface area (Å²) in [6.07, 6.45) is 0. The molecule has 2 rings (SSSR count). The van der Waals surface area contributed by atoms with E-state index in [2.05, 4.69) is 15.9 Å². The Balaban J connectivity index is 2.21. The van der Waals surface area contributed by atoms with Gasteiger partial charge in [0.1, 0.15) is 16.8 Å². The highest BCUT2D eigenvalue weighted by Gasteiger charge is 2.15. The fourth-order valence-corrected chi connectivity index (χ4v) is 2.66. The second-order valence-corrected chi connectivity index (χ2v) is 5.60. The Kier molecular flexibility index (Phi) is 5.20. The maximum absolute atomic E-state index is 10.9. The number of nitrogens with zero attached hydrogens (tertiary/aromatic N) is 1. The first-order chi connectivity index (χ1) is 10.0. The summed E-state index contributed by atoms with van der Waals surface area (Å²) in [7, 11) is 0. The van der Waals surface area contributed by atoms with E-state index in [0.717, 1.165) is 11.1 Å². The van der Waals surface area contributed by atoms with Crippen molar-refractivity contribution < 1.29 is 9.66 Å². The summed E-state index contributed by atoms with van der Waals surface area (Å²) < 4.78 is 6.19. The molecule has 2 aromatic carbocycles. The summed E-state index contributed by atoms with van der Waals surface area (Å²) in [4.78, 5) is 10.5. The largest absolute Gasteiger partial charge is 0.489 e. The van der Waals surface area contributed by atoms with Crippen molar-refractivity contribution in [3.63, 3.8) is 0 Å². The number of nitro groups is 1. The molecular weight excluding hydrogens is 358 g/mol. The lowest BCUT2D eigenvalue weighted by Crippen LogP contribution is -2.01. The van der Waals surface area contributed by atoms with Gasteiger partial charge in [-0.1, -0.05) is 29.8 Å². The SMILES string of the molecule is Cc1ccc(OCc2cccc([N+](=O)[O-])c2Br)c(CCl)c1. The Bertz CT molecular complexity index is 676. The van der Waals surface area contributed by atoms with Gasteiger partial charge in [0.25, 0.3) is 5.69 Å². The summed E-state index contributed by atoms with van der Waals surface area (Å²) in [6.45, 7) is 2.21. The van der Waals surface area contributed by atoms with E-state index in [1.165, 1.54) is 6.07 Å². The van der Waals surface area contributed by atoms with E-state index in [0.29, 0.717) is 21.7 Å². The molecule has 0 aromatic heterocycles. The number of ether oxygens (including phenoxy) is 1.